The van der Waals surface area contributed by atoms with Crippen LogP contribution in [0.1, 0.15) is 13.3 Å². The maximum absolute atomic E-state index is 13.7. The second-order valence-electron chi connectivity index (χ2n) is 4.45. The van der Waals surface area contributed by atoms with Gasteiger partial charge in [-0.2, -0.15) is 0 Å². The number of halogens is 1. The summed E-state index contributed by atoms with van der Waals surface area (Å²) in [4.78, 5) is 4.17. The summed E-state index contributed by atoms with van der Waals surface area (Å²) in [7, 11) is 4.08. The fourth-order valence-corrected chi connectivity index (χ4v) is 1.81. The van der Waals surface area contributed by atoms with E-state index in [1.54, 1.807) is 12.1 Å². The third-order valence-corrected chi connectivity index (χ3v) is 2.73. The number of nitrogens with two attached hydrogens (primary N) is 1. The SMILES string of the molecule is CCN(CCCN(C)C)c1ccc(N)cc1F. The highest BCUT2D eigenvalue weighted by Crippen LogP contribution is 2.21. The van der Waals surface area contributed by atoms with Crippen molar-refractivity contribution in [2.45, 2.75) is 13.3 Å². The average Bonchev–Trinajstić information content (AvgIpc) is 2.25. The van der Waals surface area contributed by atoms with Crippen LogP contribution in [0.5, 0.6) is 0 Å². The van der Waals surface area contributed by atoms with Crippen LogP contribution >= 0.6 is 0 Å². The minimum absolute atomic E-state index is 0.239. The van der Waals surface area contributed by atoms with Crippen molar-refractivity contribution in [2.75, 3.05) is 44.4 Å². The Morgan fingerprint density at radius 3 is 2.47 bits per heavy atom. The van der Waals surface area contributed by atoms with Crippen molar-refractivity contribution in [3.63, 3.8) is 0 Å². The number of hydrogen-bond acceptors (Lipinski definition) is 3. The van der Waals surface area contributed by atoms with Crippen LogP contribution in [-0.4, -0.2) is 38.6 Å². The van der Waals surface area contributed by atoms with Gasteiger partial charge < -0.3 is 15.5 Å². The van der Waals surface area contributed by atoms with Gasteiger partial charge in [0.1, 0.15) is 5.82 Å². The van der Waals surface area contributed by atoms with Crippen LogP contribution < -0.4 is 10.6 Å². The Morgan fingerprint density at radius 2 is 1.94 bits per heavy atom. The summed E-state index contributed by atoms with van der Waals surface area (Å²) in [6.07, 6.45) is 1.02. The third-order valence-electron chi connectivity index (χ3n) is 2.73. The van der Waals surface area contributed by atoms with E-state index in [0.717, 1.165) is 26.1 Å². The molecule has 0 spiro atoms. The van der Waals surface area contributed by atoms with E-state index >= 15 is 0 Å². The molecular formula is C13H22FN3. The number of nitrogen functional groups attached to an aromatic ring is 1. The summed E-state index contributed by atoms with van der Waals surface area (Å²) in [6.45, 7) is 4.70. The Balaban J connectivity index is 2.66. The predicted molar refractivity (Wildman–Crippen MR) is 71.9 cm³/mol. The minimum atomic E-state index is -0.239. The van der Waals surface area contributed by atoms with Crippen LogP contribution in [0.25, 0.3) is 0 Å². The van der Waals surface area contributed by atoms with Gasteiger partial charge in [0, 0.05) is 18.8 Å². The van der Waals surface area contributed by atoms with E-state index in [2.05, 4.69) is 4.90 Å². The molecule has 0 unspecified atom stereocenters. The highest BCUT2D eigenvalue weighted by atomic mass is 19.1. The van der Waals surface area contributed by atoms with Gasteiger partial charge in [0.2, 0.25) is 0 Å². The van der Waals surface area contributed by atoms with Gasteiger partial charge in [0.05, 0.1) is 5.69 Å². The van der Waals surface area contributed by atoms with E-state index in [4.69, 9.17) is 5.73 Å². The Bertz CT molecular complexity index is 353. The van der Waals surface area contributed by atoms with Crippen molar-refractivity contribution < 1.29 is 4.39 Å². The lowest BCUT2D eigenvalue weighted by Gasteiger charge is -2.24. The van der Waals surface area contributed by atoms with Crippen molar-refractivity contribution in [3.05, 3.63) is 24.0 Å². The summed E-state index contributed by atoms with van der Waals surface area (Å²) in [5, 5.41) is 0. The van der Waals surface area contributed by atoms with Crippen molar-refractivity contribution >= 4 is 11.4 Å². The molecule has 0 aliphatic rings. The molecule has 96 valence electrons. The van der Waals surface area contributed by atoms with E-state index in [0.29, 0.717) is 11.4 Å². The molecule has 0 aromatic heterocycles. The van der Waals surface area contributed by atoms with E-state index < -0.39 is 0 Å². The van der Waals surface area contributed by atoms with Crippen LogP contribution in [0, 0.1) is 5.82 Å². The first-order valence-electron chi connectivity index (χ1n) is 5.99. The average molecular weight is 239 g/mol. The summed E-state index contributed by atoms with van der Waals surface area (Å²) in [6, 6.07) is 4.88. The molecule has 0 heterocycles. The van der Waals surface area contributed by atoms with Gasteiger partial charge in [-0.25, -0.2) is 4.39 Å². The lowest BCUT2D eigenvalue weighted by Crippen LogP contribution is -2.27. The third kappa shape index (κ3) is 4.23. The number of hydrogen-bond donors (Lipinski definition) is 1. The summed E-state index contributed by atoms with van der Waals surface area (Å²) >= 11 is 0. The van der Waals surface area contributed by atoms with E-state index in [-0.39, 0.29) is 5.82 Å². The van der Waals surface area contributed by atoms with Crippen molar-refractivity contribution in [1.82, 2.24) is 4.90 Å². The molecular weight excluding hydrogens is 217 g/mol. The largest absolute Gasteiger partial charge is 0.399 e. The fourth-order valence-electron chi connectivity index (χ4n) is 1.81. The molecule has 0 amide bonds. The van der Waals surface area contributed by atoms with Crippen LogP contribution in [0.15, 0.2) is 18.2 Å². The zero-order valence-electron chi connectivity index (χ0n) is 10.9. The molecule has 4 heteroatoms. The molecule has 2 N–H and O–H groups in total. The number of anilines is 2. The van der Waals surface area contributed by atoms with E-state index in [9.17, 15) is 4.39 Å². The number of nitrogens with zero attached hydrogens (tertiary/aromatic N) is 2. The van der Waals surface area contributed by atoms with Gasteiger partial charge in [0.15, 0.2) is 0 Å². The lowest BCUT2D eigenvalue weighted by atomic mass is 10.2. The van der Waals surface area contributed by atoms with Crippen molar-refractivity contribution in [3.8, 4) is 0 Å². The molecule has 17 heavy (non-hydrogen) atoms. The van der Waals surface area contributed by atoms with Crippen molar-refractivity contribution in [1.29, 1.82) is 0 Å². The lowest BCUT2D eigenvalue weighted by molar-refractivity contribution is 0.400. The summed E-state index contributed by atoms with van der Waals surface area (Å²) in [5.74, 6) is -0.239. The van der Waals surface area contributed by atoms with E-state index in [1.165, 1.54) is 6.07 Å². The zero-order chi connectivity index (χ0) is 12.8. The topological polar surface area (TPSA) is 32.5 Å². The molecule has 0 bridgehead atoms. The Labute approximate surface area is 103 Å². The van der Waals surface area contributed by atoms with Gasteiger partial charge in [-0.1, -0.05) is 0 Å². The maximum Gasteiger partial charge on any atom is 0.148 e. The summed E-state index contributed by atoms with van der Waals surface area (Å²) < 4.78 is 13.7. The normalized spacial score (nSPS) is 10.9. The van der Waals surface area contributed by atoms with Gasteiger partial charge >= 0.3 is 0 Å². The van der Waals surface area contributed by atoms with Crippen LogP contribution in [0.3, 0.4) is 0 Å². The standard InChI is InChI=1S/C13H22FN3/c1-4-17(9-5-8-16(2)3)13-7-6-11(15)10-12(13)14/h6-7,10H,4-5,8-9,15H2,1-3H3. The molecule has 0 saturated carbocycles. The maximum atomic E-state index is 13.7. The molecule has 1 aromatic carbocycles. The van der Waals surface area contributed by atoms with Gasteiger partial charge in [-0.05, 0) is 52.2 Å². The first kappa shape index (κ1) is 13.8. The molecule has 1 rings (SSSR count). The smallest absolute Gasteiger partial charge is 0.148 e. The quantitative estimate of drug-likeness (QED) is 0.772. The molecule has 3 nitrogen and oxygen atoms in total. The molecule has 0 atom stereocenters. The van der Waals surface area contributed by atoms with Crippen LogP contribution in [-0.2, 0) is 0 Å². The Hall–Kier alpha value is -1.29. The fraction of sp³-hybridized carbons (Fsp3) is 0.538. The van der Waals surface area contributed by atoms with E-state index in [1.807, 2.05) is 25.9 Å². The first-order chi connectivity index (χ1) is 8.04. The molecule has 0 fully saturated rings. The highest BCUT2D eigenvalue weighted by Gasteiger charge is 2.09. The zero-order valence-corrected chi connectivity index (χ0v) is 10.9. The van der Waals surface area contributed by atoms with Gasteiger partial charge in [-0.15, -0.1) is 0 Å². The molecule has 0 aliphatic heterocycles. The highest BCUT2D eigenvalue weighted by molar-refractivity contribution is 5.54. The summed E-state index contributed by atoms with van der Waals surface area (Å²) in [5.41, 5.74) is 6.65. The minimum Gasteiger partial charge on any atom is -0.399 e. The van der Waals surface area contributed by atoms with Gasteiger partial charge in [0.25, 0.3) is 0 Å². The predicted octanol–water partition coefficient (Wildman–Crippen LogP) is 2.19. The number of rotatable bonds is 6. The number of benzene rings is 1. The molecule has 0 aliphatic carbocycles. The monoisotopic (exact) mass is 239 g/mol. The second-order valence-corrected chi connectivity index (χ2v) is 4.45. The Kier molecular flexibility index (Phi) is 5.22. The van der Waals surface area contributed by atoms with Crippen molar-refractivity contribution in [2.24, 2.45) is 0 Å². The molecule has 1 aromatic rings. The Morgan fingerprint density at radius 1 is 1.24 bits per heavy atom. The first-order valence-corrected chi connectivity index (χ1v) is 5.99. The second kappa shape index (κ2) is 6.45. The molecule has 0 radical (unpaired) electrons. The van der Waals surface area contributed by atoms with Crippen LogP contribution in [0.4, 0.5) is 15.8 Å². The van der Waals surface area contributed by atoms with Crippen LogP contribution in [0.2, 0.25) is 0 Å². The van der Waals surface area contributed by atoms with Gasteiger partial charge in [-0.3, -0.25) is 0 Å². The molecule has 0 saturated heterocycles.